The molecule has 136 valence electrons. The lowest BCUT2D eigenvalue weighted by Crippen LogP contribution is -2.31. The third-order valence-electron chi connectivity index (χ3n) is 4.68. The number of thiophene rings is 1. The van der Waals surface area contributed by atoms with Crippen molar-refractivity contribution in [2.24, 2.45) is 0 Å². The van der Waals surface area contributed by atoms with E-state index in [9.17, 15) is 0 Å². The summed E-state index contributed by atoms with van der Waals surface area (Å²) in [5.74, 6) is 1.55. The van der Waals surface area contributed by atoms with Crippen LogP contribution in [-0.2, 0) is 17.8 Å². The highest BCUT2D eigenvalue weighted by Crippen LogP contribution is 2.29. The molecule has 25 heavy (non-hydrogen) atoms. The molecule has 0 bridgehead atoms. The summed E-state index contributed by atoms with van der Waals surface area (Å²) in [5.41, 5.74) is 2.60. The Bertz CT molecular complexity index is 679. The van der Waals surface area contributed by atoms with E-state index >= 15 is 0 Å². The number of hydrogen-bond donors (Lipinski definition) is 0. The first kappa shape index (κ1) is 18.2. The molecule has 5 heteroatoms. The van der Waals surface area contributed by atoms with Crippen molar-refractivity contribution in [1.29, 1.82) is 0 Å². The molecule has 4 nitrogen and oxygen atoms in total. The largest absolute Gasteiger partial charge is 0.493 e. The van der Waals surface area contributed by atoms with Gasteiger partial charge >= 0.3 is 0 Å². The first-order valence-electron chi connectivity index (χ1n) is 8.77. The fourth-order valence-corrected chi connectivity index (χ4v) is 4.22. The molecule has 0 unspecified atom stereocenters. The van der Waals surface area contributed by atoms with Crippen LogP contribution in [0.1, 0.15) is 28.8 Å². The van der Waals surface area contributed by atoms with Crippen molar-refractivity contribution >= 4 is 11.3 Å². The average molecular weight is 362 g/mol. The van der Waals surface area contributed by atoms with Crippen LogP contribution in [0.3, 0.4) is 0 Å². The second-order valence-corrected chi connectivity index (χ2v) is 7.52. The van der Waals surface area contributed by atoms with Crippen LogP contribution in [0.2, 0.25) is 0 Å². The zero-order valence-corrected chi connectivity index (χ0v) is 16.1. The molecular formula is C20H27NO3S. The predicted octanol–water partition coefficient (Wildman–Crippen LogP) is 4.25. The topological polar surface area (TPSA) is 30.9 Å². The minimum absolute atomic E-state index is 0.348. The molecule has 0 spiro atoms. The first-order chi connectivity index (χ1) is 12.2. The summed E-state index contributed by atoms with van der Waals surface area (Å²) >= 11 is 1.83. The SMILES string of the molecule is COc1ccc(CN(Cc2sccc2C)C[C@H]2CCCO2)cc1OC. The molecule has 2 aromatic rings. The van der Waals surface area contributed by atoms with Gasteiger partial charge in [-0.1, -0.05) is 6.07 Å². The van der Waals surface area contributed by atoms with Gasteiger partial charge in [0.2, 0.25) is 0 Å². The van der Waals surface area contributed by atoms with Crippen LogP contribution >= 0.6 is 11.3 Å². The quantitative estimate of drug-likeness (QED) is 0.703. The normalized spacial score (nSPS) is 17.2. The van der Waals surface area contributed by atoms with E-state index in [1.54, 1.807) is 14.2 Å². The summed E-state index contributed by atoms with van der Waals surface area (Å²) in [6.07, 6.45) is 2.68. The highest BCUT2D eigenvalue weighted by molar-refractivity contribution is 7.10. The number of methoxy groups -OCH3 is 2. The number of rotatable bonds is 8. The van der Waals surface area contributed by atoms with Gasteiger partial charge in [-0.25, -0.2) is 0 Å². The van der Waals surface area contributed by atoms with E-state index in [-0.39, 0.29) is 0 Å². The van der Waals surface area contributed by atoms with Gasteiger partial charge in [0.25, 0.3) is 0 Å². The van der Waals surface area contributed by atoms with E-state index in [0.29, 0.717) is 6.10 Å². The summed E-state index contributed by atoms with van der Waals surface area (Å²) in [6, 6.07) is 8.36. The van der Waals surface area contributed by atoms with E-state index in [1.807, 2.05) is 17.4 Å². The average Bonchev–Trinajstić information content (AvgIpc) is 3.27. The van der Waals surface area contributed by atoms with Crippen LogP contribution in [0.15, 0.2) is 29.6 Å². The summed E-state index contributed by atoms with van der Waals surface area (Å²) in [6.45, 7) is 5.88. The third kappa shape index (κ3) is 4.75. The lowest BCUT2D eigenvalue weighted by atomic mass is 10.1. The summed E-state index contributed by atoms with van der Waals surface area (Å²) in [4.78, 5) is 3.91. The van der Waals surface area contributed by atoms with Gasteiger partial charge in [0, 0.05) is 31.1 Å². The van der Waals surface area contributed by atoms with Crippen molar-refractivity contribution in [3.8, 4) is 11.5 Å². The summed E-state index contributed by atoms with van der Waals surface area (Å²) in [5, 5.41) is 2.17. The lowest BCUT2D eigenvalue weighted by molar-refractivity contribution is 0.0682. The monoisotopic (exact) mass is 361 g/mol. The number of nitrogens with zero attached hydrogens (tertiary/aromatic N) is 1. The van der Waals surface area contributed by atoms with Gasteiger partial charge in [-0.3, -0.25) is 4.90 Å². The third-order valence-corrected chi connectivity index (χ3v) is 5.68. The minimum atomic E-state index is 0.348. The predicted molar refractivity (Wildman–Crippen MR) is 102 cm³/mol. The Morgan fingerprint density at radius 1 is 1.16 bits per heavy atom. The number of aryl methyl sites for hydroxylation is 1. The van der Waals surface area contributed by atoms with Gasteiger partial charge in [-0.2, -0.15) is 0 Å². The van der Waals surface area contributed by atoms with Gasteiger partial charge in [0.1, 0.15) is 0 Å². The van der Waals surface area contributed by atoms with Crippen molar-refractivity contribution in [2.45, 2.75) is 39.0 Å². The number of benzene rings is 1. The molecule has 0 saturated carbocycles. The van der Waals surface area contributed by atoms with E-state index in [0.717, 1.165) is 44.2 Å². The summed E-state index contributed by atoms with van der Waals surface area (Å²) < 4.78 is 16.7. The number of hydrogen-bond acceptors (Lipinski definition) is 5. The highest BCUT2D eigenvalue weighted by atomic mass is 32.1. The molecular weight excluding hydrogens is 334 g/mol. The van der Waals surface area contributed by atoms with Crippen LogP contribution in [0.5, 0.6) is 11.5 Å². The molecule has 0 radical (unpaired) electrons. The maximum absolute atomic E-state index is 5.87. The maximum atomic E-state index is 5.87. The van der Waals surface area contributed by atoms with Crippen molar-refractivity contribution in [1.82, 2.24) is 4.90 Å². The minimum Gasteiger partial charge on any atom is -0.493 e. The summed E-state index contributed by atoms with van der Waals surface area (Å²) in [7, 11) is 3.35. The van der Waals surface area contributed by atoms with Gasteiger partial charge in [-0.15, -0.1) is 11.3 Å². The second kappa shape index (κ2) is 8.70. The zero-order chi connectivity index (χ0) is 17.6. The molecule has 1 saturated heterocycles. The van der Waals surface area contributed by atoms with Gasteiger partial charge < -0.3 is 14.2 Å². The van der Waals surface area contributed by atoms with Crippen molar-refractivity contribution in [3.63, 3.8) is 0 Å². The first-order valence-corrected chi connectivity index (χ1v) is 9.65. The number of ether oxygens (including phenoxy) is 3. The molecule has 1 fully saturated rings. The van der Waals surface area contributed by atoms with Crippen LogP contribution in [0, 0.1) is 6.92 Å². The molecule has 1 aromatic heterocycles. The Hall–Kier alpha value is -1.56. The Morgan fingerprint density at radius 3 is 2.64 bits per heavy atom. The van der Waals surface area contributed by atoms with E-state index in [2.05, 4.69) is 35.4 Å². The molecule has 3 rings (SSSR count). The van der Waals surface area contributed by atoms with Gasteiger partial charge in [0.05, 0.1) is 20.3 Å². The van der Waals surface area contributed by atoms with Crippen molar-refractivity contribution in [2.75, 3.05) is 27.4 Å². The lowest BCUT2D eigenvalue weighted by Gasteiger charge is -2.25. The van der Waals surface area contributed by atoms with Crippen molar-refractivity contribution < 1.29 is 14.2 Å². The maximum Gasteiger partial charge on any atom is 0.161 e. The van der Waals surface area contributed by atoms with Crippen LogP contribution in [-0.4, -0.2) is 38.4 Å². The molecule has 0 amide bonds. The standard InChI is InChI=1S/C20H27NO3S/c1-15-8-10-25-20(15)14-21(13-17-5-4-9-24-17)12-16-6-7-18(22-2)19(11-16)23-3/h6-8,10-11,17H,4-5,9,12-14H2,1-3H3/t17-/m1/s1. The Labute approximate surface area is 154 Å². The van der Waals surface area contributed by atoms with Crippen molar-refractivity contribution in [3.05, 3.63) is 45.6 Å². The van der Waals surface area contributed by atoms with Gasteiger partial charge in [-0.05, 0) is 54.5 Å². The Kier molecular flexibility index (Phi) is 6.34. The molecule has 1 aliphatic heterocycles. The van der Waals surface area contributed by atoms with Crippen LogP contribution < -0.4 is 9.47 Å². The van der Waals surface area contributed by atoms with Gasteiger partial charge in [0.15, 0.2) is 11.5 Å². The van der Waals surface area contributed by atoms with Crippen LogP contribution in [0.25, 0.3) is 0 Å². The molecule has 0 aliphatic carbocycles. The fraction of sp³-hybridized carbons (Fsp3) is 0.500. The Balaban J connectivity index is 1.75. The molecule has 1 aliphatic rings. The zero-order valence-electron chi connectivity index (χ0n) is 15.3. The van der Waals surface area contributed by atoms with E-state index < -0.39 is 0 Å². The van der Waals surface area contributed by atoms with E-state index in [4.69, 9.17) is 14.2 Å². The molecule has 1 aromatic carbocycles. The second-order valence-electron chi connectivity index (χ2n) is 6.52. The fourth-order valence-electron chi connectivity index (χ4n) is 3.27. The molecule has 0 N–H and O–H groups in total. The molecule has 1 atom stereocenters. The van der Waals surface area contributed by atoms with Crippen LogP contribution in [0.4, 0.5) is 0 Å². The smallest absolute Gasteiger partial charge is 0.161 e. The Morgan fingerprint density at radius 2 is 2.00 bits per heavy atom. The highest BCUT2D eigenvalue weighted by Gasteiger charge is 2.20. The van der Waals surface area contributed by atoms with E-state index in [1.165, 1.54) is 22.4 Å². The molecule has 2 heterocycles.